The van der Waals surface area contributed by atoms with E-state index in [4.69, 9.17) is 9.47 Å². The van der Waals surface area contributed by atoms with Gasteiger partial charge in [-0.1, -0.05) is 0 Å². The van der Waals surface area contributed by atoms with Crippen molar-refractivity contribution in [1.29, 1.82) is 0 Å². The molecular weight excluding hydrogens is 276 g/mol. The number of amides is 2. The van der Waals surface area contributed by atoms with Crippen molar-refractivity contribution < 1.29 is 19.4 Å². The summed E-state index contributed by atoms with van der Waals surface area (Å²) in [4.78, 5) is 11.9. The van der Waals surface area contributed by atoms with Crippen molar-refractivity contribution in [1.82, 2.24) is 20.4 Å². The predicted octanol–water partition coefficient (Wildman–Crippen LogP) is -0.384. The molecule has 5 atom stereocenters. The summed E-state index contributed by atoms with van der Waals surface area (Å²) in [6, 6.07) is 0.421. The highest BCUT2D eigenvalue weighted by Gasteiger charge is 2.51. The van der Waals surface area contributed by atoms with Crippen molar-refractivity contribution in [3.63, 3.8) is 0 Å². The van der Waals surface area contributed by atoms with Crippen molar-refractivity contribution >= 4 is 6.03 Å². The van der Waals surface area contributed by atoms with Crippen LogP contribution < -0.4 is 10.6 Å². The Bertz CT molecular complexity index is 492. The Kier molecular flexibility index (Phi) is 3.83. The molecule has 0 unspecified atom stereocenters. The summed E-state index contributed by atoms with van der Waals surface area (Å²) in [5.74, 6) is 0. The number of aliphatic hydroxyl groups excluding tert-OH is 1. The number of nitrogens with one attached hydrogen (secondary N) is 2. The second-order valence-corrected chi connectivity index (χ2v) is 5.64. The SMILES string of the molecule is CC(C)NC(=O)N[C@H]1[C@H](O)[C@@H](n2cccn2)[C@@H]2OC[C@H]1O2. The van der Waals surface area contributed by atoms with Gasteiger partial charge in [0, 0.05) is 18.4 Å². The standard InChI is InChI=1S/C13H20N4O4/c1-7(2)15-13(19)16-9-8-6-20-12(21-8)10(11(9)18)17-5-3-4-14-17/h3-5,7-12,18H,6H2,1-2H3,(H2,15,16,19)/t8-,9-,10-,11+,12-/m1/s1. The van der Waals surface area contributed by atoms with Crippen LogP contribution in [0.2, 0.25) is 0 Å². The monoisotopic (exact) mass is 296 g/mol. The van der Waals surface area contributed by atoms with E-state index >= 15 is 0 Å². The van der Waals surface area contributed by atoms with E-state index in [-0.39, 0.29) is 18.2 Å². The lowest BCUT2D eigenvalue weighted by Crippen LogP contribution is -2.60. The summed E-state index contributed by atoms with van der Waals surface area (Å²) >= 11 is 0. The second-order valence-electron chi connectivity index (χ2n) is 5.64. The zero-order chi connectivity index (χ0) is 15.0. The van der Waals surface area contributed by atoms with Gasteiger partial charge in [-0.3, -0.25) is 4.68 Å². The van der Waals surface area contributed by atoms with Crippen LogP contribution in [0.15, 0.2) is 18.5 Å². The summed E-state index contributed by atoms with van der Waals surface area (Å²) in [6.07, 6.45) is 1.63. The summed E-state index contributed by atoms with van der Waals surface area (Å²) < 4.78 is 12.9. The largest absolute Gasteiger partial charge is 0.388 e. The van der Waals surface area contributed by atoms with E-state index in [9.17, 15) is 9.90 Å². The molecule has 3 N–H and O–H groups in total. The Morgan fingerprint density at radius 1 is 1.52 bits per heavy atom. The zero-order valence-electron chi connectivity index (χ0n) is 12.0. The highest BCUT2D eigenvalue weighted by atomic mass is 16.7. The van der Waals surface area contributed by atoms with Crippen LogP contribution in [-0.4, -0.2) is 58.1 Å². The summed E-state index contributed by atoms with van der Waals surface area (Å²) in [6.45, 7) is 4.08. The molecule has 2 aliphatic heterocycles. The van der Waals surface area contributed by atoms with Crippen LogP contribution >= 0.6 is 0 Å². The summed E-state index contributed by atoms with van der Waals surface area (Å²) in [5, 5.41) is 20.3. The Morgan fingerprint density at radius 2 is 2.33 bits per heavy atom. The van der Waals surface area contributed by atoms with E-state index < -0.39 is 24.5 Å². The molecule has 8 nitrogen and oxygen atoms in total. The fraction of sp³-hybridized carbons (Fsp3) is 0.692. The normalized spacial score (nSPS) is 35.0. The number of carbonyl (C=O) groups is 1. The highest BCUT2D eigenvalue weighted by molar-refractivity contribution is 5.74. The molecule has 21 heavy (non-hydrogen) atoms. The van der Waals surface area contributed by atoms with Gasteiger partial charge in [0.15, 0.2) is 6.29 Å². The van der Waals surface area contributed by atoms with Gasteiger partial charge in [-0.25, -0.2) is 4.79 Å². The average Bonchev–Trinajstić information content (AvgIpc) is 3.05. The Morgan fingerprint density at radius 3 is 3.00 bits per heavy atom. The molecule has 0 aromatic carbocycles. The molecule has 1 aromatic heterocycles. The number of urea groups is 1. The minimum atomic E-state index is -0.839. The maximum absolute atomic E-state index is 11.9. The first-order valence-electron chi connectivity index (χ1n) is 7.07. The lowest BCUT2D eigenvalue weighted by Gasteiger charge is -2.38. The average molecular weight is 296 g/mol. The Hall–Kier alpha value is -1.64. The molecule has 3 rings (SSSR count). The van der Waals surface area contributed by atoms with Gasteiger partial charge in [-0.05, 0) is 19.9 Å². The smallest absolute Gasteiger partial charge is 0.315 e. The number of hydrogen-bond donors (Lipinski definition) is 3. The van der Waals surface area contributed by atoms with Crippen molar-refractivity contribution in [2.45, 2.75) is 50.5 Å². The van der Waals surface area contributed by atoms with E-state index in [0.29, 0.717) is 6.61 Å². The molecule has 2 amide bonds. The maximum Gasteiger partial charge on any atom is 0.315 e. The number of fused-ring (bicyclic) bond motifs is 2. The van der Waals surface area contributed by atoms with Gasteiger partial charge in [0.25, 0.3) is 0 Å². The molecule has 2 saturated heterocycles. The van der Waals surface area contributed by atoms with E-state index in [1.807, 2.05) is 13.8 Å². The van der Waals surface area contributed by atoms with E-state index in [2.05, 4.69) is 15.7 Å². The Labute approximate surface area is 122 Å². The number of aliphatic hydroxyl groups is 1. The molecule has 2 bridgehead atoms. The fourth-order valence-corrected chi connectivity index (χ4v) is 2.77. The lowest BCUT2D eigenvalue weighted by atomic mass is 9.96. The molecule has 116 valence electrons. The van der Waals surface area contributed by atoms with E-state index in [0.717, 1.165) is 0 Å². The third kappa shape index (κ3) is 2.74. The van der Waals surface area contributed by atoms with Crippen molar-refractivity contribution in [2.75, 3.05) is 6.61 Å². The van der Waals surface area contributed by atoms with Crippen LogP contribution in [0.5, 0.6) is 0 Å². The van der Waals surface area contributed by atoms with Gasteiger partial charge in [0.05, 0.1) is 12.6 Å². The zero-order valence-corrected chi connectivity index (χ0v) is 12.0. The molecule has 0 spiro atoms. The number of rotatable bonds is 3. The summed E-state index contributed by atoms with van der Waals surface area (Å²) in [5.41, 5.74) is 0. The lowest BCUT2D eigenvalue weighted by molar-refractivity contribution is -0.166. The summed E-state index contributed by atoms with van der Waals surface area (Å²) in [7, 11) is 0. The first kappa shape index (κ1) is 14.3. The van der Waals surface area contributed by atoms with Crippen LogP contribution in [0.3, 0.4) is 0 Å². The Balaban J connectivity index is 1.76. The van der Waals surface area contributed by atoms with Crippen molar-refractivity contribution in [3.05, 3.63) is 18.5 Å². The highest BCUT2D eigenvalue weighted by Crippen LogP contribution is 2.35. The van der Waals surface area contributed by atoms with Gasteiger partial charge in [0.1, 0.15) is 18.2 Å². The second kappa shape index (κ2) is 5.63. The minimum Gasteiger partial charge on any atom is -0.388 e. The number of hydrogen-bond acceptors (Lipinski definition) is 5. The third-order valence-electron chi connectivity index (χ3n) is 3.68. The van der Waals surface area contributed by atoms with Gasteiger partial charge in [-0.15, -0.1) is 0 Å². The molecule has 2 aliphatic rings. The molecule has 0 saturated carbocycles. The molecule has 2 fully saturated rings. The molecular formula is C13H20N4O4. The topological polar surface area (TPSA) is 97.6 Å². The number of aromatic nitrogens is 2. The number of nitrogens with zero attached hydrogens (tertiary/aromatic N) is 2. The molecule has 8 heteroatoms. The first-order chi connectivity index (χ1) is 10.1. The van der Waals surface area contributed by atoms with Crippen molar-refractivity contribution in [3.8, 4) is 0 Å². The minimum absolute atomic E-state index is 0.0149. The molecule has 1 aromatic rings. The van der Waals surface area contributed by atoms with Crippen LogP contribution in [0.1, 0.15) is 19.9 Å². The number of carbonyl (C=O) groups excluding carboxylic acids is 1. The quantitative estimate of drug-likeness (QED) is 0.706. The van der Waals surface area contributed by atoms with Crippen LogP contribution in [-0.2, 0) is 9.47 Å². The molecule has 0 radical (unpaired) electrons. The van der Waals surface area contributed by atoms with Gasteiger partial charge < -0.3 is 25.2 Å². The predicted molar refractivity (Wildman–Crippen MR) is 72.5 cm³/mol. The first-order valence-corrected chi connectivity index (χ1v) is 7.07. The maximum atomic E-state index is 11.9. The van der Waals surface area contributed by atoms with E-state index in [1.165, 1.54) is 0 Å². The number of ether oxygens (including phenoxy) is 2. The van der Waals surface area contributed by atoms with E-state index in [1.54, 1.807) is 23.1 Å². The van der Waals surface area contributed by atoms with Crippen LogP contribution in [0, 0.1) is 0 Å². The van der Waals surface area contributed by atoms with Gasteiger partial charge >= 0.3 is 6.03 Å². The molecule has 0 aliphatic carbocycles. The third-order valence-corrected chi connectivity index (χ3v) is 3.68. The van der Waals surface area contributed by atoms with Crippen molar-refractivity contribution in [2.24, 2.45) is 0 Å². The van der Waals surface area contributed by atoms with Crippen LogP contribution in [0.4, 0.5) is 4.79 Å². The van der Waals surface area contributed by atoms with Gasteiger partial charge in [-0.2, -0.15) is 5.10 Å². The van der Waals surface area contributed by atoms with Crippen LogP contribution in [0.25, 0.3) is 0 Å². The fourth-order valence-electron chi connectivity index (χ4n) is 2.77. The van der Waals surface area contributed by atoms with Gasteiger partial charge in [0.2, 0.25) is 0 Å². The molecule has 3 heterocycles.